The molecule has 25 heavy (non-hydrogen) atoms. The molecular weight excluding hydrogens is 361 g/mol. The van der Waals surface area contributed by atoms with E-state index in [9.17, 15) is 4.79 Å². The van der Waals surface area contributed by atoms with Crippen LogP contribution in [0.25, 0.3) is 0 Å². The minimum Gasteiger partial charge on any atom is -0.374 e. The summed E-state index contributed by atoms with van der Waals surface area (Å²) >= 11 is 0. The molecule has 2 saturated heterocycles. The number of benzene rings is 1. The molecular formula is C18H29Cl2N3O2. The predicted octanol–water partition coefficient (Wildman–Crippen LogP) is 1.99. The monoisotopic (exact) mass is 389 g/mol. The summed E-state index contributed by atoms with van der Waals surface area (Å²) in [6.07, 6.45) is 3.33. The standard InChI is InChI=1S/C18H27N3O2.2ClH/c22-18(17-8-4-5-9-19-17)20-12-16-14-21(10-11-23-16)13-15-6-2-1-3-7-15;;/h1-3,6-7,16-17,19H,4-5,8-14H2,(H,20,22);2*1H/t16?,17-;;/m1../s1. The lowest BCUT2D eigenvalue weighted by molar-refractivity contribution is -0.124. The number of hydrogen-bond acceptors (Lipinski definition) is 4. The predicted molar refractivity (Wildman–Crippen MR) is 105 cm³/mol. The molecule has 1 aromatic carbocycles. The van der Waals surface area contributed by atoms with Gasteiger partial charge in [-0.05, 0) is 24.9 Å². The van der Waals surface area contributed by atoms with Crippen LogP contribution >= 0.6 is 24.8 Å². The van der Waals surface area contributed by atoms with E-state index in [1.54, 1.807) is 0 Å². The first-order valence-corrected chi connectivity index (χ1v) is 8.70. The molecule has 1 amide bonds. The third-order valence-corrected chi connectivity index (χ3v) is 4.60. The average Bonchev–Trinajstić information content (AvgIpc) is 2.62. The van der Waals surface area contributed by atoms with Crippen molar-refractivity contribution in [1.82, 2.24) is 15.5 Å². The Morgan fingerprint density at radius 2 is 2.04 bits per heavy atom. The molecule has 3 rings (SSSR count). The van der Waals surface area contributed by atoms with Crippen molar-refractivity contribution in [1.29, 1.82) is 0 Å². The molecule has 0 aromatic heterocycles. The maximum absolute atomic E-state index is 12.2. The first kappa shape index (κ1) is 22.2. The van der Waals surface area contributed by atoms with Crippen LogP contribution in [0.4, 0.5) is 0 Å². The number of halogens is 2. The van der Waals surface area contributed by atoms with E-state index in [0.29, 0.717) is 6.54 Å². The lowest BCUT2D eigenvalue weighted by Crippen LogP contribution is -2.51. The van der Waals surface area contributed by atoms with Crippen LogP contribution in [0.1, 0.15) is 24.8 Å². The maximum atomic E-state index is 12.2. The minimum absolute atomic E-state index is 0. The van der Waals surface area contributed by atoms with Gasteiger partial charge < -0.3 is 15.4 Å². The van der Waals surface area contributed by atoms with E-state index in [1.807, 2.05) is 6.07 Å². The van der Waals surface area contributed by atoms with Gasteiger partial charge in [-0.1, -0.05) is 36.8 Å². The van der Waals surface area contributed by atoms with Crippen LogP contribution in [0.5, 0.6) is 0 Å². The highest BCUT2D eigenvalue weighted by atomic mass is 35.5. The second-order valence-electron chi connectivity index (χ2n) is 6.46. The third kappa shape index (κ3) is 7.12. The van der Waals surface area contributed by atoms with Crippen molar-refractivity contribution in [2.24, 2.45) is 0 Å². The fraction of sp³-hybridized carbons (Fsp3) is 0.611. The number of piperidine rings is 1. The fourth-order valence-electron chi connectivity index (χ4n) is 3.30. The number of rotatable bonds is 5. The van der Waals surface area contributed by atoms with Gasteiger partial charge in [0.05, 0.1) is 18.8 Å². The average molecular weight is 390 g/mol. The van der Waals surface area contributed by atoms with Gasteiger partial charge in [-0.15, -0.1) is 24.8 Å². The lowest BCUT2D eigenvalue weighted by Gasteiger charge is -2.33. The molecule has 0 saturated carbocycles. The van der Waals surface area contributed by atoms with E-state index in [0.717, 1.165) is 45.6 Å². The highest BCUT2D eigenvalue weighted by Crippen LogP contribution is 2.11. The third-order valence-electron chi connectivity index (χ3n) is 4.60. The van der Waals surface area contributed by atoms with Crippen LogP contribution < -0.4 is 10.6 Å². The summed E-state index contributed by atoms with van der Waals surface area (Å²) in [7, 11) is 0. The van der Waals surface area contributed by atoms with Crippen LogP contribution in [0.3, 0.4) is 0 Å². The summed E-state index contributed by atoms with van der Waals surface area (Å²) < 4.78 is 5.81. The highest BCUT2D eigenvalue weighted by molar-refractivity contribution is 5.85. The zero-order valence-electron chi connectivity index (χ0n) is 14.5. The zero-order valence-corrected chi connectivity index (χ0v) is 16.1. The van der Waals surface area contributed by atoms with Crippen LogP contribution in [0.2, 0.25) is 0 Å². The number of carbonyl (C=O) groups is 1. The smallest absolute Gasteiger partial charge is 0.237 e. The van der Waals surface area contributed by atoms with Gasteiger partial charge in [-0.25, -0.2) is 0 Å². The Morgan fingerprint density at radius 3 is 2.76 bits per heavy atom. The van der Waals surface area contributed by atoms with Gasteiger partial charge in [0.25, 0.3) is 0 Å². The van der Waals surface area contributed by atoms with Crippen molar-refractivity contribution in [2.75, 3.05) is 32.8 Å². The summed E-state index contributed by atoms with van der Waals surface area (Å²) in [5.74, 6) is 0.119. The van der Waals surface area contributed by atoms with Crippen molar-refractivity contribution in [2.45, 2.75) is 38.0 Å². The molecule has 2 N–H and O–H groups in total. The fourth-order valence-corrected chi connectivity index (χ4v) is 3.30. The first-order chi connectivity index (χ1) is 11.3. The second-order valence-corrected chi connectivity index (χ2v) is 6.46. The van der Waals surface area contributed by atoms with Gasteiger partial charge in [0.1, 0.15) is 0 Å². The number of nitrogens with zero attached hydrogens (tertiary/aromatic N) is 1. The van der Waals surface area contributed by atoms with Crippen molar-refractivity contribution in [3.8, 4) is 0 Å². The summed E-state index contributed by atoms with van der Waals surface area (Å²) in [4.78, 5) is 14.6. The van der Waals surface area contributed by atoms with Crippen LogP contribution in [-0.4, -0.2) is 55.7 Å². The molecule has 142 valence electrons. The SMILES string of the molecule is Cl.Cl.O=C(NCC1CN(Cc2ccccc2)CCO1)[C@H]1CCCCN1. The number of nitrogens with one attached hydrogen (secondary N) is 2. The Bertz CT molecular complexity index is 498. The molecule has 2 aliphatic rings. The normalized spacial score (nSPS) is 23.8. The Kier molecular flexibility index (Phi) is 10.4. The molecule has 2 fully saturated rings. The first-order valence-electron chi connectivity index (χ1n) is 8.70. The Hall–Kier alpha value is -0.850. The molecule has 0 bridgehead atoms. The van der Waals surface area contributed by atoms with E-state index in [-0.39, 0.29) is 42.9 Å². The van der Waals surface area contributed by atoms with Crippen molar-refractivity contribution >= 4 is 30.7 Å². The maximum Gasteiger partial charge on any atom is 0.237 e. The number of ether oxygens (including phenoxy) is 1. The lowest BCUT2D eigenvalue weighted by atomic mass is 10.0. The molecule has 0 spiro atoms. The molecule has 5 nitrogen and oxygen atoms in total. The van der Waals surface area contributed by atoms with Crippen molar-refractivity contribution < 1.29 is 9.53 Å². The topological polar surface area (TPSA) is 53.6 Å². The Morgan fingerprint density at radius 1 is 1.24 bits per heavy atom. The van der Waals surface area contributed by atoms with Gasteiger partial charge in [-0.2, -0.15) is 0 Å². The summed E-state index contributed by atoms with van der Waals surface area (Å²) in [5, 5.41) is 6.34. The number of carbonyl (C=O) groups excluding carboxylic acids is 1. The van der Waals surface area contributed by atoms with Crippen LogP contribution in [-0.2, 0) is 16.1 Å². The largest absolute Gasteiger partial charge is 0.374 e. The second kappa shape index (κ2) is 11.7. The highest BCUT2D eigenvalue weighted by Gasteiger charge is 2.24. The van der Waals surface area contributed by atoms with E-state index in [2.05, 4.69) is 39.8 Å². The van der Waals surface area contributed by atoms with Gasteiger partial charge in [-0.3, -0.25) is 9.69 Å². The van der Waals surface area contributed by atoms with Gasteiger partial charge in [0.15, 0.2) is 0 Å². The van der Waals surface area contributed by atoms with Gasteiger partial charge in [0, 0.05) is 26.2 Å². The molecule has 0 aliphatic carbocycles. The Labute approximate surface area is 162 Å². The number of amides is 1. The molecule has 2 aliphatic heterocycles. The number of morpholine rings is 1. The van der Waals surface area contributed by atoms with E-state index >= 15 is 0 Å². The summed E-state index contributed by atoms with van der Waals surface area (Å²) in [6.45, 7) is 5.04. The van der Waals surface area contributed by atoms with Crippen LogP contribution in [0.15, 0.2) is 30.3 Å². The number of hydrogen-bond donors (Lipinski definition) is 2. The molecule has 7 heteroatoms. The summed E-state index contributed by atoms with van der Waals surface area (Å²) in [6, 6.07) is 10.5. The minimum atomic E-state index is -0.0206. The van der Waals surface area contributed by atoms with Crippen molar-refractivity contribution in [3.63, 3.8) is 0 Å². The molecule has 2 heterocycles. The van der Waals surface area contributed by atoms with E-state index < -0.39 is 0 Å². The van der Waals surface area contributed by atoms with Crippen LogP contribution in [0, 0.1) is 0 Å². The van der Waals surface area contributed by atoms with E-state index in [4.69, 9.17) is 4.74 Å². The van der Waals surface area contributed by atoms with E-state index in [1.165, 1.54) is 12.0 Å². The Balaban J connectivity index is 0.00000156. The molecule has 1 unspecified atom stereocenters. The quantitative estimate of drug-likeness (QED) is 0.808. The van der Waals surface area contributed by atoms with Gasteiger partial charge >= 0.3 is 0 Å². The molecule has 0 radical (unpaired) electrons. The van der Waals surface area contributed by atoms with Gasteiger partial charge in [0.2, 0.25) is 5.91 Å². The zero-order chi connectivity index (χ0) is 15.9. The molecule has 2 atom stereocenters. The summed E-state index contributed by atoms with van der Waals surface area (Å²) in [5.41, 5.74) is 1.32. The molecule has 1 aromatic rings. The van der Waals surface area contributed by atoms with Crippen molar-refractivity contribution in [3.05, 3.63) is 35.9 Å².